The number of methoxy groups -OCH3 is 1. The van der Waals surface area contributed by atoms with Gasteiger partial charge in [0, 0.05) is 7.11 Å². The van der Waals surface area contributed by atoms with Gasteiger partial charge in [-0.25, -0.2) is 0 Å². The van der Waals surface area contributed by atoms with Crippen LogP contribution in [0.3, 0.4) is 0 Å². The molecule has 1 aliphatic rings. The van der Waals surface area contributed by atoms with E-state index in [4.69, 9.17) is 23.7 Å². The maximum Gasteiger partial charge on any atom is 0.147 e. The van der Waals surface area contributed by atoms with Gasteiger partial charge in [-0.15, -0.1) is 0 Å². The zero-order valence-corrected chi connectivity index (χ0v) is 17.0. The molecule has 28 heavy (non-hydrogen) atoms. The summed E-state index contributed by atoms with van der Waals surface area (Å²) in [5.74, 6) is 0. The SMILES string of the molecule is CC[C@H](OCOCCOC)[C@@H]1CC=CC[C@H]([C@H](O)COCc2ccccc2)O1. The van der Waals surface area contributed by atoms with Gasteiger partial charge in [-0.3, -0.25) is 0 Å². The van der Waals surface area contributed by atoms with Gasteiger partial charge < -0.3 is 28.8 Å². The number of ether oxygens (including phenoxy) is 5. The first kappa shape index (κ1) is 23.0. The minimum atomic E-state index is -0.690. The first-order chi connectivity index (χ1) is 13.7. The highest BCUT2D eigenvalue weighted by Crippen LogP contribution is 2.22. The number of rotatable bonds is 13. The van der Waals surface area contributed by atoms with Gasteiger partial charge in [0.2, 0.25) is 0 Å². The molecule has 0 bridgehead atoms. The second-order valence-electron chi connectivity index (χ2n) is 6.86. The topological polar surface area (TPSA) is 66.4 Å². The van der Waals surface area contributed by atoms with Crippen molar-refractivity contribution in [2.24, 2.45) is 0 Å². The van der Waals surface area contributed by atoms with Crippen molar-refractivity contribution in [3.8, 4) is 0 Å². The maximum atomic E-state index is 10.6. The molecule has 6 nitrogen and oxygen atoms in total. The summed E-state index contributed by atoms with van der Waals surface area (Å²) < 4.78 is 28.1. The molecule has 0 fully saturated rings. The Hall–Kier alpha value is -1.28. The van der Waals surface area contributed by atoms with Crippen molar-refractivity contribution in [2.75, 3.05) is 33.7 Å². The highest BCUT2D eigenvalue weighted by Gasteiger charge is 2.29. The predicted octanol–water partition coefficient (Wildman–Crippen LogP) is 3.08. The van der Waals surface area contributed by atoms with Crippen LogP contribution in [0.4, 0.5) is 0 Å². The van der Waals surface area contributed by atoms with Crippen molar-refractivity contribution in [3.63, 3.8) is 0 Å². The van der Waals surface area contributed by atoms with Gasteiger partial charge in [0.25, 0.3) is 0 Å². The molecule has 0 saturated carbocycles. The summed E-state index contributed by atoms with van der Waals surface area (Å²) in [7, 11) is 1.64. The van der Waals surface area contributed by atoms with Gasteiger partial charge in [-0.1, -0.05) is 49.4 Å². The zero-order valence-electron chi connectivity index (χ0n) is 17.0. The molecule has 6 heteroatoms. The molecule has 4 atom stereocenters. The lowest BCUT2D eigenvalue weighted by Gasteiger charge is -2.30. The Kier molecular flexibility index (Phi) is 11.4. The fourth-order valence-corrected chi connectivity index (χ4v) is 3.09. The van der Waals surface area contributed by atoms with E-state index in [0.29, 0.717) is 26.2 Å². The first-order valence-corrected chi connectivity index (χ1v) is 10.0. The molecule has 1 N–H and O–H groups in total. The van der Waals surface area contributed by atoms with Gasteiger partial charge in [0.05, 0.1) is 44.7 Å². The number of hydrogen-bond donors (Lipinski definition) is 1. The van der Waals surface area contributed by atoms with Gasteiger partial charge in [-0.05, 0) is 24.8 Å². The van der Waals surface area contributed by atoms with E-state index in [-0.39, 0.29) is 31.7 Å². The zero-order chi connectivity index (χ0) is 20.0. The number of benzene rings is 1. The molecular weight excluding hydrogens is 360 g/mol. The summed E-state index contributed by atoms with van der Waals surface area (Å²) in [6.07, 6.45) is 5.16. The predicted molar refractivity (Wildman–Crippen MR) is 107 cm³/mol. The summed E-state index contributed by atoms with van der Waals surface area (Å²) in [6.45, 7) is 4.02. The molecule has 0 aliphatic carbocycles. The van der Waals surface area contributed by atoms with Crippen LogP contribution in [0.25, 0.3) is 0 Å². The lowest BCUT2D eigenvalue weighted by Crippen LogP contribution is -2.40. The summed E-state index contributed by atoms with van der Waals surface area (Å²) >= 11 is 0. The maximum absolute atomic E-state index is 10.6. The molecule has 158 valence electrons. The van der Waals surface area contributed by atoms with Gasteiger partial charge in [-0.2, -0.15) is 0 Å². The van der Waals surface area contributed by atoms with Crippen LogP contribution in [-0.2, 0) is 30.3 Å². The lowest BCUT2D eigenvalue weighted by molar-refractivity contribution is -0.169. The third-order valence-corrected chi connectivity index (χ3v) is 4.70. The van der Waals surface area contributed by atoms with Crippen molar-refractivity contribution in [1.29, 1.82) is 0 Å². The third-order valence-electron chi connectivity index (χ3n) is 4.70. The number of aliphatic hydroxyl groups excluding tert-OH is 1. The van der Waals surface area contributed by atoms with E-state index >= 15 is 0 Å². The van der Waals surface area contributed by atoms with Crippen LogP contribution in [-0.4, -0.2) is 63.2 Å². The van der Waals surface area contributed by atoms with Crippen LogP contribution in [0, 0.1) is 0 Å². The van der Waals surface area contributed by atoms with Gasteiger partial charge in [0.1, 0.15) is 12.9 Å². The minimum absolute atomic E-state index is 0.0924. The van der Waals surface area contributed by atoms with Crippen molar-refractivity contribution < 1.29 is 28.8 Å². The highest BCUT2D eigenvalue weighted by molar-refractivity contribution is 5.13. The Labute approximate surface area is 168 Å². The van der Waals surface area contributed by atoms with Crippen molar-refractivity contribution >= 4 is 0 Å². The molecule has 1 aliphatic heterocycles. The molecule has 0 aromatic heterocycles. The molecule has 0 radical (unpaired) electrons. The van der Waals surface area contributed by atoms with Crippen LogP contribution in [0.15, 0.2) is 42.5 Å². The Morgan fingerprint density at radius 1 is 1.07 bits per heavy atom. The van der Waals surface area contributed by atoms with Crippen molar-refractivity contribution in [1.82, 2.24) is 0 Å². The summed E-state index contributed by atoms with van der Waals surface area (Å²) in [6, 6.07) is 9.93. The highest BCUT2D eigenvalue weighted by atomic mass is 16.7. The Bertz CT molecular complexity index is 535. The molecule has 1 aromatic carbocycles. The quantitative estimate of drug-likeness (QED) is 0.315. The fraction of sp³-hybridized carbons (Fsp3) is 0.636. The second-order valence-corrected chi connectivity index (χ2v) is 6.86. The third kappa shape index (κ3) is 8.39. The molecule has 0 spiro atoms. The van der Waals surface area contributed by atoms with Crippen LogP contribution < -0.4 is 0 Å². The monoisotopic (exact) mass is 394 g/mol. The van der Waals surface area contributed by atoms with Crippen molar-refractivity contribution in [3.05, 3.63) is 48.0 Å². The summed E-state index contributed by atoms with van der Waals surface area (Å²) in [5, 5.41) is 10.6. The van der Waals surface area contributed by atoms with Crippen molar-refractivity contribution in [2.45, 2.75) is 57.2 Å². The molecular formula is C22H34O6. The average molecular weight is 395 g/mol. The molecule has 2 rings (SSSR count). The van der Waals surface area contributed by atoms with E-state index in [1.165, 1.54) is 0 Å². The largest absolute Gasteiger partial charge is 0.388 e. The van der Waals surface area contributed by atoms with Crippen LogP contribution >= 0.6 is 0 Å². The van der Waals surface area contributed by atoms with E-state index in [2.05, 4.69) is 19.1 Å². The molecule has 1 aromatic rings. The van der Waals surface area contributed by atoms with E-state index in [1.807, 2.05) is 30.3 Å². The lowest BCUT2D eigenvalue weighted by atomic mass is 10.1. The Balaban J connectivity index is 1.77. The average Bonchev–Trinajstić information content (AvgIpc) is 2.98. The minimum Gasteiger partial charge on any atom is -0.388 e. The van der Waals surface area contributed by atoms with E-state index in [9.17, 15) is 5.11 Å². The van der Waals surface area contributed by atoms with E-state index < -0.39 is 6.10 Å². The Morgan fingerprint density at radius 2 is 1.82 bits per heavy atom. The van der Waals surface area contributed by atoms with Crippen LogP contribution in [0.2, 0.25) is 0 Å². The standard InChI is InChI=1S/C22H34O6/c1-3-20(27-17-25-14-13-24-2)22-12-8-7-11-21(28-22)19(23)16-26-15-18-9-5-4-6-10-18/h4-10,19-23H,3,11-17H2,1-2H3/t19-,20+,21-,22+/m1/s1. The van der Waals surface area contributed by atoms with Crippen LogP contribution in [0.5, 0.6) is 0 Å². The fourth-order valence-electron chi connectivity index (χ4n) is 3.09. The molecule has 1 heterocycles. The van der Waals surface area contributed by atoms with Crippen LogP contribution in [0.1, 0.15) is 31.7 Å². The molecule has 0 unspecified atom stereocenters. The second kappa shape index (κ2) is 13.8. The smallest absolute Gasteiger partial charge is 0.147 e. The van der Waals surface area contributed by atoms with Gasteiger partial charge in [0.15, 0.2) is 0 Å². The van der Waals surface area contributed by atoms with E-state index in [1.54, 1.807) is 7.11 Å². The van der Waals surface area contributed by atoms with E-state index in [0.717, 1.165) is 18.4 Å². The Morgan fingerprint density at radius 3 is 2.54 bits per heavy atom. The molecule has 0 amide bonds. The number of aliphatic hydroxyl groups is 1. The number of hydrogen-bond acceptors (Lipinski definition) is 6. The van der Waals surface area contributed by atoms with Gasteiger partial charge >= 0.3 is 0 Å². The summed E-state index contributed by atoms with van der Waals surface area (Å²) in [5.41, 5.74) is 1.09. The normalized spacial score (nSPS) is 22.0. The summed E-state index contributed by atoms with van der Waals surface area (Å²) in [4.78, 5) is 0. The molecule has 0 saturated heterocycles. The first-order valence-electron chi connectivity index (χ1n) is 10.0.